The minimum atomic E-state index is -0.158. The number of rotatable bonds is 4. The van der Waals surface area contributed by atoms with E-state index >= 15 is 0 Å². The number of nitrogens with zero attached hydrogens (tertiary/aromatic N) is 1. The number of hydrogen-bond donors (Lipinski definition) is 2. The van der Waals surface area contributed by atoms with Gasteiger partial charge in [-0.2, -0.15) is 0 Å². The zero-order valence-corrected chi connectivity index (χ0v) is 14.7. The van der Waals surface area contributed by atoms with Crippen molar-refractivity contribution in [2.24, 2.45) is 5.92 Å². The van der Waals surface area contributed by atoms with Crippen molar-refractivity contribution < 1.29 is 9.90 Å². The van der Waals surface area contributed by atoms with Gasteiger partial charge < -0.3 is 15.3 Å². The summed E-state index contributed by atoms with van der Waals surface area (Å²) >= 11 is 0. The van der Waals surface area contributed by atoms with Gasteiger partial charge in [-0.1, -0.05) is 13.3 Å². The number of aliphatic hydroxyl groups excluding tert-OH is 1. The van der Waals surface area contributed by atoms with Crippen LogP contribution in [0.4, 0.5) is 5.69 Å². The Kier molecular flexibility index (Phi) is 5.77. The number of carbonyl (C=O) groups is 1. The quantitative estimate of drug-likeness (QED) is 0.890. The fourth-order valence-electron chi connectivity index (χ4n) is 3.93. The van der Waals surface area contributed by atoms with Crippen LogP contribution in [0.3, 0.4) is 0 Å². The third-order valence-corrected chi connectivity index (χ3v) is 5.72. The first-order valence-corrected chi connectivity index (χ1v) is 9.49. The van der Waals surface area contributed by atoms with E-state index in [0.717, 1.165) is 55.9 Å². The van der Waals surface area contributed by atoms with Crippen molar-refractivity contribution in [1.29, 1.82) is 0 Å². The van der Waals surface area contributed by atoms with Gasteiger partial charge in [0.2, 0.25) is 0 Å². The molecule has 132 valence electrons. The molecule has 0 unspecified atom stereocenters. The zero-order valence-electron chi connectivity index (χ0n) is 14.7. The number of anilines is 1. The standard InChI is InChI=1S/C20H30N2O2/c1-2-15-3-7-17(8-4-15)21-20(24)16-5-9-18(10-6-16)22-13-11-19(23)12-14-22/h5-6,9-10,15,17,19,23H,2-4,7-8,11-14H2,1H3,(H,21,24). The topological polar surface area (TPSA) is 52.6 Å². The molecule has 2 fully saturated rings. The van der Waals surface area contributed by atoms with Gasteiger partial charge in [0.1, 0.15) is 0 Å². The molecule has 3 rings (SSSR count). The van der Waals surface area contributed by atoms with Crippen molar-refractivity contribution in [3.8, 4) is 0 Å². The van der Waals surface area contributed by atoms with Crippen LogP contribution >= 0.6 is 0 Å². The van der Waals surface area contributed by atoms with Gasteiger partial charge in [0.05, 0.1) is 6.10 Å². The monoisotopic (exact) mass is 330 g/mol. The number of piperidine rings is 1. The van der Waals surface area contributed by atoms with Crippen molar-refractivity contribution in [3.05, 3.63) is 29.8 Å². The molecular weight excluding hydrogens is 300 g/mol. The normalized spacial score (nSPS) is 25.5. The summed E-state index contributed by atoms with van der Waals surface area (Å²) in [6.45, 7) is 4.02. The molecule has 1 aliphatic heterocycles. The number of hydrogen-bond acceptors (Lipinski definition) is 3. The first kappa shape index (κ1) is 17.3. The Morgan fingerprint density at radius 3 is 2.29 bits per heavy atom. The number of amides is 1. The van der Waals surface area contributed by atoms with Crippen LogP contribution < -0.4 is 10.2 Å². The van der Waals surface area contributed by atoms with Gasteiger partial charge in [0, 0.05) is 30.4 Å². The zero-order chi connectivity index (χ0) is 16.9. The maximum Gasteiger partial charge on any atom is 0.251 e. The third-order valence-electron chi connectivity index (χ3n) is 5.72. The molecule has 1 aromatic carbocycles. The van der Waals surface area contributed by atoms with E-state index in [9.17, 15) is 9.90 Å². The maximum absolute atomic E-state index is 12.4. The summed E-state index contributed by atoms with van der Waals surface area (Å²) in [5, 5.41) is 12.8. The van der Waals surface area contributed by atoms with Crippen LogP contribution in [0.15, 0.2) is 24.3 Å². The molecule has 1 saturated heterocycles. The molecule has 1 amide bonds. The van der Waals surface area contributed by atoms with Crippen molar-refractivity contribution in [2.75, 3.05) is 18.0 Å². The molecule has 2 N–H and O–H groups in total. The predicted molar refractivity (Wildman–Crippen MR) is 97.4 cm³/mol. The SMILES string of the molecule is CCC1CCC(NC(=O)c2ccc(N3CCC(O)CC3)cc2)CC1. The van der Waals surface area contributed by atoms with Crippen LogP contribution in [-0.4, -0.2) is 36.2 Å². The molecule has 1 aliphatic carbocycles. The molecular formula is C20H30N2O2. The average Bonchev–Trinajstić information content (AvgIpc) is 2.63. The lowest BCUT2D eigenvalue weighted by Crippen LogP contribution is -2.37. The van der Waals surface area contributed by atoms with Gasteiger partial charge in [0.15, 0.2) is 0 Å². The molecule has 24 heavy (non-hydrogen) atoms. The lowest BCUT2D eigenvalue weighted by atomic mass is 9.84. The smallest absolute Gasteiger partial charge is 0.251 e. The summed E-state index contributed by atoms with van der Waals surface area (Å²) in [6.07, 6.45) is 7.44. The largest absolute Gasteiger partial charge is 0.393 e. The van der Waals surface area contributed by atoms with Crippen molar-refractivity contribution in [1.82, 2.24) is 5.32 Å². The van der Waals surface area contributed by atoms with Crippen LogP contribution in [0.5, 0.6) is 0 Å². The van der Waals surface area contributed by atoms with Gasteiger partial charge in [-0.25, -0.2) is 0 Å². The van der Waals surface area contributed by atoms with Crippen LogP contribution in [0.2, 0.25) is 0 Å². The van der Waals surface area contributed by atoms with Gasteiger partial charge in [-0.15, -0.1) is 0 Å². The summed E-state index contributed by atoms with van der Waals surface area (Å²) < 4.78 is 0. The number of benzene rings is 1. The highest BCUT2D eigenvalue weighted by molar-refractivity contribution is 5.94. The van der Waals surface area contributed by atoms with Gasteiger partial charge >= 0.3 is 0 Å². The van der Waals surface area contributed by atoms with Crippen molar-refractivity contribution in [2.45, 2.75) is 64.0 Å². The molecule has 0 spiro atoms. The van der Waals surface area contributed by atoms with Gasteiger partial charge in [0.25, 0.3) is 5.91 Å². The Morgan fingerprint density at radius 1 is 1.08 bits per heavy atom. The molecule has 4 nitrogen and oxygen atoms in total. The predicted octanol–water partition coefficient (Wildman–Crippen LogP) is 3.35. The van der Waals surface area contributed by atoms with Gasteiger partial charge in [-0.3, -0.25) is 4.79 Å². The van der Waals surface area contributed by atoms with E-state index in [2.05, 4.69) is 17.1 Å². The Balaban J connectivity index is 1.52. The summed E-state index contributed by atoms with van der Waals surface area (Å²) in [4.78, 5) is 14.7. The fraction of sp³-hybridized carbons (Fsp3) is 0.650. The van der Waals surface area contributed by atoms with E-state index in [0.29, 0.717) is 6.04 Å². The molecule has 1 aromatic rings. The molecule has 0 radical (unpaired) electrons. The summed E-state index contributed by atoms with van der Waals surface area (Å²) in [5.41, 5.74) is 1.88. The van der Waals surface area contributed by atoms with E-state index < -0.39 is 0 Å². The van der Waals surface area contributed by atoms with E-state index in [1.807, 2.05) is 24.3 Å². The average molecular weight is 330 g/mol. The second-order valence-electron chi connectivity index (χ2n) is 7.36. The highest BCUT2D eigenvalue weighted by Crippen LogP contribution is 2.27. The minimum absolute atomic E-state index is 0.0514. The summed E-state index contributed by atoms with van der Waals surface area (Å²) in [7, 11) is 0. The van der Waals surface area contributed by atoms with Crippen LogP contribution in [0.1, 0.15) is 62.2 Å². The maximum atomic E-state index is 12.4. The van der Waals surface area contributed by atoms with E-state index in [-0.39, 0.29) is 12.0 Å². The first-order valence-electron chi connectivity index (χ1n) is 9.49. The minimum Gasteiger partial charge on any atom is -0.393 e. The number of aliphatic hydroxyl groups is 1. The second kappa shape index (κ2) is 8.02. The van der Waals surface area contributed by atoms with Gasteiger partial charge in [-0.05, 0) is 68.7 Å². The number of nitrogens with one attached hydrogen (secondary N) is 1. The molecule has 0 aromatic heterocycles. The van der Waals surface area contributed by atoms with E-state index in [4.69, 9.17) is 0 Å². The van der Waals surface area contributed by atoms with Crippen LogP contribution in [0.25, 0.3) is 0 Å². The van der Waals surface area contributed by atoms with Crippen molar-refractivity contribution in [3.63, 3.8) is 0 Å². The fourth-order valence-corrected chi connectivity index (χ4v) is 3.93. The molecule has 4 heteroatoms. The Morgan fingerprint density at radius 2 is 1.71 bits per heavy atom. The Hall–Kier alpha value is -1.55. The van der Waals surface area contributed by atoms with E-state index in [1.54, 1.807) is 0 Å². The second-order valence-corrected chi connectivity index (χ2v) is 7.36. The van der Waals surface area contributed by atoms with Crippen LogP contribution in [0, 0.1) is 5.92 Å². The number of carbonyl (C=O) groups excluding carboxylic acids is 1. The molecule has 2 aliphatic rings. The van der Waals surface area contributed by atoms with Crippen LogP contribution in [-0.2, 0) is 0 Å². The highest BCUT2D eigenvalue weighted by Gasteiger charge is 2.22. The molecule has 0 bridgehead atoms. The highest BCUT2D eigenvalue weighted by atomic mass is 16.3. The third kappa shape index (κ3) is 4.29. The summed E-state index contributed by atoms with van der Waals surface area (Å²) in [5.74, 6) is 0.899. The lowest BCUT2D eigenvalue weighted by Gasteiger charge is -2.31. The summed E-state index contributed by atoms with van der Waals surface area (Å²) in [6, 6.07) is 8.24. The molecule has 0 atom stereocenters. The first-order chi connectivity index (χ1) is 11.7. The Labute approximate surface area is 145 Å². The van der Waals surface area contributed by atoms with Crippen molar-refractivity contribution >= 4 is 11.6 Å². The Bertz CT molecular complexity index is 527. The molecule has 1 heterocycles. The lowest BCUT2D eigenvalue weighted by molar-refractivity contribution is 0.0921. The van der Waals surface area contributed by atoms with E-state index in [1.165, 1.54) is 19.3 Å². The molecule has 1 saturated carbocycles.